The molecule has 3 aromatic rings. The number of aryl methyl sites for hydroxylation is 1. The molecule has 0 saturated carbocycles. The van der Waals surface area contributed by atoms with E-state index < -0.39 is 0 Å². The lowest BCUT2D eigenvalue weighted by Gasteiger charge is -2.44. The zero-order valence-corrected chi connectivity index (χ0v) is 17.1. The number of nitrogens with one attached hydrogen (secondary N) is 1. The van der Waals surface area contributed by atoms with Crippen LogP contribution in [0.4, 0.5) is 0 Å². The summed E-state index contributed by atoms with van der Waals surface area (Å²) in [5.41, 5.74) is 4.40. The number of oxazole rings is 1. The van der Waals surface area contributed by atoms with Crippen LogP contribution >= 0.6 is 22.9 Å². The molecule has 0 amide bonds. The summed E-state index contributed by atoms with van der Waals surface area (Å²) in [5, 5.41) is 3.80. The third kappa shape index (κ3) is 3.01. The van der Waals surface area contributed by atoms with E-state index in [9.17, 15) is 0 Å². The Labute approximate surface area is 167 Å². The highest BCUT2D eigenvalue weighted by molar-refractivity contribution is 7.16. The Morgan fingerprint density at radius 1 is 1.33 bits per heavy atom. The van der Waals surface area contributed by atoms with Crippen molar-refractivity contribution < 1.29 is 9.15 Å². The minimum absolute atomic E-state index is 0.0000809. The van der Waals surface area contributed by atoms with Crippen LogP contribution in [0.1, 0.15) is 47.7 Å². The second-order valence-electron chi connectivity index (χ2n) is 7.94. The van der Waals surface area contributed by atoms with Crippen LogP contribution in [0.3, 0.4) is 0 Å². The van der Waals surface area contributed by atoms with E-state index in [2.05, 4.69) is 35.4 Å². The molecular formula is C21H23ClN2O2S. The second kappa shape index (κ2) is 6.59. The Kier molecular flexibility index (Phi) is 4.32. The van der Waals surface area contributed by atoms with E-state index in [0.717, 1.165) is 47.9 Å². The zero-order valence-electron chi connectivity index (χ0n) is 15.5. The fourth-order valence-electron chi connectivity index (χ4n) is 4.93. The molecule has 1 fully saturated rings. The molecule has 1 spiro atoms. The third-order valence-corrected chi connectivity index (χ3v) is 7.42. The second-order valence-corrected chi connectivity index (χ2v) is 9.63. The van der Waals surface area contributed by atoms with Gasteiger partial charge in [0.05, 0.1) is 17.6 Å². The Hall–Kier alpha value is -1.40. The van der Waals surface area contributed by atoms with Crippen LogP contribution in [-0.4, -0.2) is 24.2 Å². The number of halogens is 1. The lowest BCUT2D eigenvalue weighted by molar-refractivity contribution is 0.0609. The molecule has 4 heterocycles. The highest BCUT2D eigenvalue weighted by atomic mass is 35.5. The van der Waals surface area contributed by atoms with Gasteiger partial charge < -0.3 is 14.5 Å². The number of rotatable bonds is 1. The SMILES string of the molecule is Cc1nc2c(C3CC4(COCCc5cc(Cl)sc54)CC(C)N3)cccc2o1. The maximum Gasteiger partial charge on any atom is 0.192 e. The summed E-state index contributed by atoms with van der Waals surface area (Å²) in [6.45, 7) is 5.70. The summed E-state index contributed by atoms with van der Waals surface area (Å²) in [4.78, 5) is 6.08. The van der Waals surface area contributed by atoms with Gasteiger partial charge in [-0.2, -0.15) is 0 Å². The van der Waals surface area contributed by atoms with Crippen molar-refractivity contribution in [3.05, 3.63) is 50.5 Å². The van der Waals surface area contributed by atoms with Gasteiger partial charge in [-0.05, 0) is 49.4 Å². The zero-order chi connectivity index (χ0) is 18.6. The first-order valence-electron chi connectivity index (χ1n) is 9.53. The summed E-state index contributed by atoms with van der Waals surface area (Å²) < 4.78 is 12.7. The number of nitrogens with zero attached hydrogens (tertiary/aromatic N) is 1. The number of hydrogen-bond donors (Lipinski definition) is 1. The molecule has 4 nitrogen and oxygen atoms in total. The molecule has 2 aromatic heterocycles. The van der Waals surface area contributed by atoms with Crippen molar-refractivity contribution in [1.29, 1.82) is 0 Å². The van der Waals surface area contributed by atoms with Gasteiger partial charge in [0.2, 0.25) is 0 Å². The largest absolute Gasteiger partial charge is 0.441 e. The standard InChI is InChI=1S/C21H23ClN2O2S/c1-12-9-21(11-25-7-6-14-8-18(22)27-20(14)21)10-16(23-12)15-4-3-5-17-19(15)24-13(2)26-17/h3-5,8,12,16,23H,6-7,9-11H2,1-2H3. The van der Waals surface area contributed by atoms with Gasteiger partial charge >= 0.3 is 0 Å². The topological polar surface area (TPSA) is 47.3 Å². The molecule has 1 aromatic carbocycles. The molecule has 142 valence electrons. The van der Waals surface area contributed by atoms with E-state index in [-0.39, 0.29) is 11.5 Å². The molecule has 0 bridgehead atoms. The van der Waals surface area contributed by atoms with Crippen molar-refractivity contribution in [2.24, 2.45) is 0 Å². The maximum atomic E-state index is 6.42. The molecule has 5 rings (SSSR count). The fraction of sp³-hybridized carbons (Fsp3) is 0.476. The van der Waals surface area contributed by atoms with Crippen LogP contribution in [0.5, 0.6) is 0 Å². The lowest BCUT2D eigenvalue weighted by Crippen LogP contribution is -2.48. The normalized spacial score (nSPS) is 28.4. The van der Waals surface area contributed by atoms with Crippen molar-refractivity contribution >= 4 is 34.0 Å². The van der Waals surface area contributed by atoms with Gasteiger partial charge in [-0.15, -0.1) is 11.3 Å². The van der Waals surface area contributed by atoms with Crippen LogP contribution in [0.25, 0.3) is 11.1 Å². The molecule has 1 N–H and O–H groups in total. The Morgan fingerprint density at radius 2 is 2.22 bits per heavy atom. The number of hydrogen-bond acceptors (Lipinski definition) is 5. The quantitative estimate of drug-likeness (QED) is 0.609. The number of benzene rings is 1. The number of para-hydroxylation sites is 1. The number of piperidine rings is 1. The van der Waals surface area contributed by atoms with E-state index in [4.69, 9.17) is 20.8 Å². The van der Waals surface area contributed by atoms with Gasteiger partial charge in [0, 0.05) is 29.3 Å². The van der Waals surface area contributed by atoms with Crippen LogP contribution in [0.2, 0.25) is 4.34 Å². The first kappa shape index (κ1) is 17.7. The van der Waals surface area contributed by atoms with Crippen LogP contribution in [-0.2, 0) is 16.6 Å². The molecule has 0 aliphatic carbocycles. The molecular weight excluding hydrogens is 380 g/mol. The van der Waals surface area contributed by atoms with Crippen molar-refractivity contribution in [3.8, 4) is 0 Å². The Bertz CT molecular complexity index is 997. The van der Waals surface area contributed by atoms with Crippen molar-refractivity contribution in [3.63, 3.8) is 0 Å². The molecule has 0 radical (unpaired) electrons. The van der Waals surface area contributed by atoms with Gasteiger partial charge in [0.15, 0.2) is 11.5 Å². The van der Waals surface area contributed by atoms with Crippen LogP contribution < -0.4 is 5.32 Å². The third-order valence-electron chi connectivity index (χ3n) is 5.86. The molecule has 1 saturated heterocycles. The molecule has 2 aliphatic heterocycles. The van der Waals surface area contributed by atoms with Gasteiger partial charge in [-0.1, -0.05) is 23.7 Å². The summed E-state index contributed by atoms with van der Waals surface area (Å²) >= 11 is 8.16. The fourth-order valence-corrected chi connectivity index (χ4v) is 6.42. The van der Waals surface area contributed by atoms with E-state index in [1.807, 2.05) is 13.0 Å². The monoisotopic (exact) mass is 402 g/mol. The predicted molar refractivity (Wildman–Crippen MR) is 109 cm³/mol. The molecule has 3 atom stereocenters. The van der Waals surface area contributed by atoms with Gasteiger partial charge in [-0.25, -0.2) is 4.98 Å². The smallest absolute Gasteiger partial charge is 0.192 e. The van der Waals surface area contributed by atoms with E-state index in [1.165, 1.54) is 16.0 Å². The number of aromatic nitrogens is 1. The maximum absolute atomic E-state index is 6.42. The lowest BCUT2D eigenvalue weighted by atomic mass is 9.71. The highest BCUT2D eigenvalue weighted by Crippen LogP contribution is 2.49. The van der Waals surface area contributed by atoms with Gasteiger partial charge in [0.25, 0.3) is 0 Å². The number of ether oxygens (including phenoxy) is 1. The van der Waals surface area contributed by atoms with Crippen LogP contribution in [0.15, 0.2) is 28.7 Å². The van der Waals surface area contributed by atoms with Crippen molar-refractivity contribution in [1.82, 2.24) is 10.3 Å². The predicted octanol–water partition coefficient (Wildman–Crippen LogP) is 5.17. The first-order valence-corrected chi connectivity index (χ1v) is 10.7. The highest BCUT2D eigenvalue weighted by Gasteiger charge is 2.45. The summed E-state index contributed by atoms with van der Waals surface area (Å²) in [6, 6.07) is 8.95. The minimum Gasteiger partial charge on any atom is -0.441 e. The average molecular weight is 403 g/mol. The van der Waals surface area contributed by atoms with Gasteiger partial charge in [0.1, 0.15) is 5.52 Å². The number of thiophene rings is 1. The molecule has 27 heavy (non-hydrogen) atoms. The van der Waals surface area contributed by atoms with Crippen molar-refractivity contribution in [2.45, 2.75) is 50.6 Å². The minimum atomic E-state index is -0.0000809. The van der Waals surface area contributed by atoms with E-state index in [0.29, 0.717) is 11.9 Å². The molecule has 2 aliphatic rings. The van der Waals surface area contributed by atoms with E-state index >= 15 is 0 Å². The van der Waals surface area contributed by atoms with Crippen molar-refractivity contribution in [2.75, 3.05) is 13.2 Å². The average Bonchev–Trinajstić information content (AvgIpc) is 3.15. The first-order chi connectivity index (χ1) is 13.0. The Morgan fingerprint density at radius 3 is 3.11 bits per heavy atom. The van der Waals surface area contributed by atoms with Gasteiger partial charge in [-0.3, -0.25) is 0 Å². The Balaban J connectivity index is 1.60. The molecule has 6 heteroatoms. The summed E-state index contributed by atoms with van der Waals surface area (Å²) in [7, 11) is 0. The number of fused-ring (bicyclic) bond motifs is 3. The summed E-state index contributed by atoms with van der Waals surface area (Å²) in [6.07, 6.45) is 2.98. The van der Waals surface area contributed by atoms with Crippen LogP contribution in [0, 0.1) is 6.92 Å². The summed E-state index contributed by atoms with van der Waals surface area (Å²) in [5.74, 6) is 0.709. The van der Waals surface area contributed by atoms with E-state index in [1.54, 1.807) is 11.3 Å². The molecule has 3 unspecified atom stereocenters.